The van der Waals surface area contributed by atoms with Crippen LogP contribution < -0.4 is 16.0 Å². The first-order valence-electron chi connectivity index (χ1n) is 9.61. The summed E-state index contributed by atoms with van der Waals surface area (Å²) < 4.78 is 1.95. The Bertz CT molecular complexity index is 847. The van der Waals surface area contributed by atoms with E-state index in [1.54, 1.807) is 18.2 Å². The van der Waals surface area contributed by atoms with E-state index < -0.39 is 0 Å². The highest BCUT2D eigenvalue weighted by molar-refractivity contribution is 5.96. The molecule has 2 heterocycles. The van der Waals surface area contributed by atoms with Gasteiger partial charge in [0, 0.05) is 19.6 Å². The number of aromatic hydroxyl groups is 1. The molecule has 150 valence electrons. The number of guanidine groups is 1. The number of amides is 1. The van der Waals surface area contributed by atoms with Crippen molar-refractivity contribution in [1.29, 1.82) is 0 Å². The molecule has 9 heteroatoms. The lowest BCUT2D eigenvalue weighted by Gasteiger charge is -2.25. The predicted octanol–water partition coefficient (Wildman–Crippen LogP) is 1.11. The molecule has 28 heavy (non-hydrogen) atoms. The van der Waals surface area contributed by atoms with E-state index in [2.05, 4.69) is 31.0 Å². The predicted molar refractivity (Wildman–Crippen MR) is 106 cm³/mol. The van der Waals surface area contributed by atoms with E-state index in [1.165, 1.54) is 6.07 Å². The normalized spacial score (nSPS) is 16.4. The number of hydrogen-bond donors (Lipinski definition) is 4. The van der Waals surface area contributed by atoms with Crippen LogP contribution in [0.5, 0.6) is 5.75 Å². The average Bonchev–Trinajstić information content (AvgIpc) is 3.06. The molecule has 1 aromatic heterocycles. The van der Waals surface area contributed by atoms with Crippen molar-refractivity contribution in [2.75, 3.05) is 19.6 Å². The van der Waals surface area contributed by atoms with Crippen LogP contribution in [0.25, 0.3) is 0 Å². The zero-order valence-electron chi connectivity index (χ0n) is 16.3. The SMILES string of the molecule is CCNC(=NCCNC(=O)c1ccccc1O)NC1CCCn2nc(C)nc21. The number of carbonyl (C=O) groups is 1. The van der Waals surface area contributed by atoms with Crippen molar-refractivity contribution in [3.8, 4) is 5.75 Å². The third-order valence-electron chi connectivity index (χ3n) is 4.45. The molecular formula is C19H27N7O2. The zero-order valence-corrected chi connectivity index (χ0v) is 16.3. The maximum Gasteiger partial charge on any atom is 0.255 e. The number of nitrogens with one attached hydrogen (secondary N) is 3. The minimum atomic E-state index is -0.317. The Labute approximate surface area is 164 Å². The smallest absolute Gasteiger partial charge is 0.255 e. The standard InChI is InChI=1S/C19H27N7O2/c1-3-20-19(24-15-8-6-12-26-17(15)23-13(2)25-26)22-11-10-21-18(28)14-7-4-5-9-16(14)27/h4-5,7,9,15,27H,3,6,8,10-12H2,1-2H3,(H,21,28)(H2,20,22,24). The van der Waals surface area contributed by atoms with Gasteiger partial charge in [-0.05, 0) is 38.8 Å². The summed E-state index contributed by atoms with van der Waals surface area (Å²) in [5.74, 6) is 2.04. The summed E-state index contributed by atoms with van der Waals surface area (Å²) in [6.45, 7) is 6.30. The molecule has 0 spiro atoms. The highest BCUT2D eigenvalue weighted by Gasteiger charge is 2.24. The molecule has 1 aliphatic heterocycles. The fraction of sp³-hybridized carbons (Fsp3) is 0.474. The van der Waals surface area contributed by atoms with Crippen LogP contribution in [0, 0.1) is 6.92 Å². The summed E-state index contributed by atoms with van der Waals surface area (Å²) in [5, 5.41) is 23.6. The number of phenols is 1. The first kappa shape index (κ1) is 19.7. The molecule has 2 aromatic rings. The molecular weight excluding hydrogens is 358 g/mol. The Morgan fingerprint density at radius 3 is 2.96 bits per heavy atom. The second kappa shape index (κ2) is 9.20. The topological polar surface area (TPSA) is 116 Å². The molecule has 0 aliphatic carbocycles. The molecule has 3 rings (SSSR count). The number of phenolic OH excluding ortho intramolecular Hbond substituents is 1. The lowest BCUT2D eigenvalue weighted by atomic mass is 10.1. The van der Waals surface area contributed by atoms with Crippen molar-refractivity contribution < 1.29 is 9.90 Å². The van der Waals surface area contributed by atoms with Crippen LogP contribution in [0.2, 0.25) is 0 Å². The largest absolute Gasteiger partial charge is 0.507 e. The molecule has 4 N–H and O–H groups in total. The van der Waals surface area contributed by atoms with Crippen LogP contribution >= 0.6 is 0 Å². The van der Waals surface area contributed by atoms with Gasteiger partial charge in [0.15, 0.2) is 5.96 Å². The Morgan fingerprint density at radius 2 is 2.18 bits per heavy atom. The minimum absolute atomic E-state index is 0.0322. The number of aliphatic imine (C=N–C) groups is 1. The number of aromatic nitrogens is 3. The van der Waals surface area contributed by atoms with Crippen molar-refractivity contribution in [2.45, 2.75) is 39.3 Å². The lowest BCUT2D eigenvalue weighted by molar-refractivity contribution is 0.0952. The third kappa shape index (κ3) is 4.79. The summed E-state index contributed by atoms with van der Waals surface area (Å²) in [6.07, 6.45) is 2.00. The van der Waals surface area contributed by atoms with E-state index in [0.717, 1.165) is 37.6 Å². The molecule has 0 fully saturated rings. The van der Waals surface area contributed by atoms with Crippen molar-refractivity contribution in [3.05, 3.63) is 41.5 Å². The van der Waals surface area contributed by atoms with Crippen LogP contribution in [0.4, 0.5) is 0 Å². The van der Waals surface area contributed by atoms with Gasteiger partial charge in [0.05, 0.1) is 18.2 Å². The number of carbonyl (C=O) groups excluding carboxylic acids is 1. The summed E-state index contributed by atoms with van der Waals surface area (Å²) in [4.78, 5) is 21.2. The van der Waals surface area contributed by atoms with E-state index in [9.17, 15) is 9.90 Å². The Balaban J connectivity index is 1.56. The van der Waals surface area contributed by atoms with Crippen molar-refractivity contribution >= 4 is 11.9 Å². The molecule has 0 saturated carbocycles. The summed E-state index contributed by atoms with van der Waals surface area (Å²) >= 11 is 0. The molecule has 1 aliphatic rings. The number of fused-ring (bicyclic) bond motifs is 1. The van der Waals surface area contributed by atoms with Crippen LogP contribution in [0.1, 0.15) is 47.8 Å². The van der Waals surface area contributed by atoms with Gasteiger partial charge in [0.2, 0.25) is 0 Å². The van der Waals surface area contributed by atoms with Gasteiger partial charge in [0.1, 0.15) is 17.4 Å². The Kier molecular flexibility index (Phi) is 6.46. The molecule has 1 amide bonds. The second-order valence-corrected chi connectivity index (χ2v) is 6.61. The van der Waals surface area contributed by atoms with Gasteiger partial charge >= 0.3 is 0 Å². The van der Waals surface area contributed by atoms with E-state index in [-0.39, 0.29) is 23.3 Å². The summed E-state index contributed by atoms with van der Waals surface area (Å²) in [7, 11) is 0. The number of hydrogen-bond acceptors (Lipinski definition) is 5. The van der Waals surface area contributed by atoms with E-state index in [1.807, 2.05) is 18.5 Å². The molecule has 1 unspecified atom stereocenters. The van der Waals surface area contributed by atoms with E-state index in [0.29, 0.717) is 19.0 Å². The molecule has 1 atom stereocenters. The van der Waals surface area contributed by atoms with Crippen molar-refractivity contribution in [2.24, 2.45) is 4.99 Å². The number of rotatable bonds is 6. The van der Waals surface area contributed by atoms with Crippen LogP contribution in [0.15, 0.2) is 29.3 Å². The fourth-order valence-corrected chi connectivity index (χ4v) is 3.19. The number of benzene rings is 1. The van der Waals surface area contributed by atoms with Gasteiger partial charge in [-0.1, -0.05) is 12.1 Å². The molecule has 0 radical (unpaired) electrons. The molecule has 9 nitrogen and oxygen atoms in total. The summed E-state index contributed by atoms with van der Waals surface area (Å²) in [5.41, 5.74) is 0.258. The van der Waals surface area contributed by atoms with Gasteiger partial charge < -0.3 is 21.1 Å². The van der Waals surface area contributed by atoms with Crippen molar-refractivity contribution in [1.82, 2.24) is 30.7 Å². The maximum absolute atomic E-state index is 12.1. The van der Waals surface area contributed by atoms with Gasteiger partial charge in [-0.15, -0.1) is 0 Å². The monoisotopic (exact) mass is 385 g/mol. The highest BCUT2D eigenvalue weighted by Crippen LogP contribution is 2.22. The first-order chi connectivity index (χ1) is 13.6. The molecule has 0 saturated heterocycles. The Morgan fingerprint density at radius 1 is 1.36 bits per heavy atom. The quantitative estimate of drug-likeness (QED) is 0.336. The minimum Gasteiger partial charge on any atom is -0.507 e. The molecule has 1 aromatic carbocycles. The van der Waals surface area contributed by atoms with E-state index in [4.69, 9.17) is 0 Å². The van der Waals surface area contributed by atoms with Crippen LogP contribution in [0.3, 0.4) is 0 Å². The second-order valence-electron chi connectivity index (χ2n) is 6.61. The van der Waals surface area contributed by atoms with Crippen LogP contribution in [-0.4, -0.2) is 51.4 Å². The van der Waals surface area contributed by atoms with Crippen molar-refractivity contribution in [3.63, 3.8) is 0 Å². The number of aryl methyl sites for hydroxylation is 2. The average molecular weight is 385 g/mol. The zero-order chi connectivity index (χ0) is 19.9. The van der Waals surface area contributed by atoms with Gasteiger partial charge in [-0.25, -0.2) is 9.67 Å². The fourth-order valence-electron chi connectivity index (χ4n) is 3.19. The van der Waals surface area contributed by atoms with Gasteiger partial charge in [0.25, 0.3) is 5.91 Å². The summed E-state index contributed by atoms with van der Waals surface area (Å²) in [6, 6.07) is 6.53. The maximum atomic E-state index is 12.1. The number of nitrogens with zero attached hydrogens (tertiary/aromatic N) is 4. The van der Waals surface area contributed by atoms with Gasteiger partial charge in [-0.3, -0.25) is 9.79 Å². The highest BCUT2D eigenvalue weighted by atomic mass is 16.3. The number of para-hydroxylation sites is 1. The first-order valence-corrected chi connectivity index (χ1v) is 9.61. The third-order valence-corrected chi connectivity index (χ3v) is 4.45. The van der Waals surface area contributed by atoms with Crippen LogP contribution in [-0.2, 0) is 6.54 Å². The Hall–Kier alpha value is -3.10. The van der Waals surface area contributed by atoms with E-state index >= 15 is 0 Å². The van der Waals surface area contributed by atoms with Gasteiger partial charge in [-0.2, -0.15) is 5.10 Å². The molecule has 0 bridgehead atoms. The lowest BCUT2D eigenvalue weighted by Crippen LogP contribution is -2.42.